The normalized spacial score (nSPS) is 11.0. The standard InChI is InChI=1S/C22H13Cl2N7O4/c23-14-6-12(31-22(34)27-20(33)19(25)30-31)7-15(24)18(14)35-21-13(8-17(32)28-29-21)16-5-10-3-1-2-4-11(10)9-26-16/h1-9H,(H2,25,30)(H,28,32)(H,27,33,34). The molecule has 4 N–H and O–H groups in total. The maximum absolute atomic E-state index is 12.1. The van der Waals surface area contributed by atoms with Gasteiger partial charge in [0.25, 0.3) is 11.1 Å². The Balaban J connectivity index is 1.58. The number of fused-ring (bicyclic) bond motifs is 1. The van der Waals surface area contributed by atoms with Crippen LogP contribution in [0.2, 0.25) is 10.0 Å². The zero-order valence-electron chi connectivity index (χ0n) is 17.5. The number of benzene rings is 2. The van der Waals surface area contributed by atoms with Gasteiger partial charge in [0.15, 0.2) is 5.75 Å². The van der Waals surface area contributed by atoms with Crippen molar-refractivity contribution in [1.82, 2.24) is 29.9 Å². The van der Waals surface area contributed by atoms with Crippen LogP contribution in [0.3, 0.4) is 0 Å². The number of nitrogens with one attached hydrogen (secondary N) is 2. The molecule has 0 saturated carbocycles. The molecule has 174 valence electrons. The van der Waals surface area contributed by atoms with Crippen LogP contribution in [0.15, 0.2) is 69.1 Å². The average Bonchev–Trinajstić information content (AvgIpc) is 2.84. The van der Waals surface area contributed by atoms with Gasteiger partial charge < -0.3 is 10.5 Å². The molecule has 3 heterocycles. The van der Waals surface area contributed by atoms with Crippen molar-refractivity contribution in [3.63, 3.8) is 0 Å². The molecule has 0 amide bonds. The Kier molecular flexibility index (Phi) is 5.55. The third kappa shape index (κ3) is 4.25. The van der Waals surface area contributed by atoms with E-state index in [1.165, 1.54) is 18.2 Å². The second-order valence-corrected chi connectivity index (χ2v) is 8.08. The molecule has 0 fully saturated rings. The molecule has 5 rings (SSSR count). The van der Waals surface area contributed by atoms with Gasteiger partial charge in [-0.2, -0.15) is 4.68 Å². The zero-order valence-corrected chi connectivity index (χ0v) is 19.0. The molecule has 3 aromatic heterocycles. The number of ether oxygens (including phenoxy) is 1. The van der Waals surface area contributed by atoms with E-state index in [1.807, 2.05) is 29.2 Å². The van der Waals surface area contributed by atoms with E-state index in [1.54, 1.807) is 12.3 Å². The first-order valence-electron chi connectivity index (χ1n) is 9.91. The lowest BCUT2D eigenvalue weighted by atomic mass is 10.1. The molecule has 0 saturated heterocycles. The van der Waals surface area contributed by atoms with Crippen LogP contribution in [0, 0.1) is 0 Å². The molecule has 35 heavy (non-hydrogen) atoms. The summed E-state index contributed by atoms with van der Waals surface area (Å²) in [4.78, 5) is 42.1. The Morgan fingerprint density at radius 3 is 2.43 bits per heavy atom. The van der Waals surface area contributed by atoms with E-state index in [0.717, 1.165) is 15.5 Å². The summed E-state index contributed by atoms with van der Waals surface area (Å²) in [6.45, 7) is 0. The molecular formula is C22H13Cl2N7O4. The first-order valence-corrected chi connectivity index (χ1v) is 10.7. The van der Waals surface area contributed by atoms with E-state index in [4.69, 9.17) is 33.7 Å². The van der Waals surface area contributed by atoms with E-state index >= 15 is 0 Å². The summed E-state index contributed by atoms with van der Waals surface area (Å²) in [5.41, 5.74) is 4.27. The number of aromatic amines is 2. The second-order valence-electron chi connectivity index (χ2n) is 7.26. The first kappa shape index (κ1) is 22.3. The molecule has 5 aromatic rings. The lowest BCUT2D eigenvalue weighted by molar-refractivity contribution is 0.456. The van der Waals surface area contributed by atoms with Gasteiger partial charge in [-0.1, -0.05) is 47.5 Å². The maximum Gasteiger partial charge on any atom is 0.349 e. The molecule has 0 bridgehead atoms. The van der Waals surface area contributed by atoms with Gasteiger partial charge in [-0.15, -0.1) is 10.2 Å². The van der Waals surface area contributed by atoms with Gasteiger partial charge in [-0.3, -0.25) is 19.6 Å². The minimum Gasteiger partial charge on any atom is -0.434 e. The molecular weight excluding hydrogens is 497 g/mol. The summed E-state index contributed by atoms with van der Waals surface area (Å²) in [6, 6.07) is 13.4. The van der Waals surface area contributed by atoms with E-state index < -0.39 is 22.6 Å². The fourth-order valence-corrected chi connectivity index (χ4v) is 3.89. The van der Waals surface area contributed by atoms with Gasteiger partial charge in [-0.25, -0.2) is 9.89 Å². The first-order chi connectivity index (χ1) is 16.8. The molecule has 0 aliphatic rings. The third-order valence-electron chi connectivity index (χ3n) is 4.96. The van der Waals surface area contributed by atoms with Crippen LogP contribution in [0.1, 0.15) is 0 Å². The highest BCUT2D eigenvalue weighted by Crippen LogP contribution is 2.39. The van der Waals surface area contributed by atoms with E-state index in [2.05, 4.69) is 20.3 Å². The number of H-pyrrole nitrogens is 2. The summed E-state index contributed by atoms with van der Waals surface area (Å²) in [5.74, 6) is -0.418. The van der Waals surface area contributed by atoms with Gasteiger partial charge in [0.05, 0.1) is 27.0 Å². The molecule has 13 heteroatoms. The number of nitrogen functional groups attached to an aromatic ring is 1. The van der Waals surface area contributed by atoms with Crippen molar-refractivity contribution in [2.24, 2.45) is 0 Å². The van der Waals surface area contributed by atoms with Crippen molar-refractivity contribution in [1.29, 1.82) is 0 Å². The van der Waals surface area contributed by atoms with Crippen molar-refractivity contribution in [3.05, 3.63) is 96.0 Å². The van der Waals surface area contributed by atoms with E-state index in [-0.39, 0.29) is 27.4 Å². The largest absolute Gasteiger partial charge is 0.434 e. The highest BCUT2D eigenvalue weighted by Gasteiger charge is 2.18. The Morgan fingerprint density at radius 1 is 0.971 bits per heavy atom. The number of nitrogens with zero attached hydrogens (tertiary/aromatic N) is 4. The fourth-order valence-electron chi connectivity index (χ4n) is 3.33. The van der Waals surface area contributed by atoms with Crippen molar-refractivity contribution in [2.45, 2.75) is 0 Å². The molecule has 0 atom stereocenters. The summed E-state index contributed by atoms with van der Waals surface area (Å²) in [5, 5.41) is 11.9. The molecule has 0 unspecified atom stereocenters. The number of anilines is 1. The monoisotopic (exact) mass is 509 g/mol. The quantitative estimate of drug-likeness (QED) is 0.333. The van der Waals surface area contributed by atoms with Crippen molar-refractivity contribution >= 4 is 39.8 Å². The Labute approximate surface area is 204 Å². The molecule has 0 radical (unpaired) electrons. The Bertz CT molecular complexity index is 1770. The van der Waals surface area contributed by atoms with Gasteiger partial charge in [0.2, 0.25) is 11.7 Å². The van der Waals surface area contributed by atoms with Crippen molar-refractivity contribution in [3.8, 4) is 28.6 Å². The van der Waals surface area contributed by atoms with Crippen LogP contribution in [0.4, 0.5) is 5.82 Å². The number of rotatable bonds is 4. The molecule has 0 spiro atoms. The highest BCUT2D eigenvalue weighted by atomic mass is 35.5. The van der Waals surface area contributed by atoms with Crippen molar-refractivity contribution < 1.29 is 4.74 Å². The smallest absolute Gasteiger partial charge is 0.349 e. The fraction of sp³-hybridized carbons (Fsp3) is 0. The highest BCUT2D eigenvalue weighted by molar-refractivity contribution is 6.37. The summed E-state index contributed by atoms with van der Waals surface area (Å²) in [7, 11) is 0. The van der Waals surface area contributed by atoms with Crippen LogP contribution in [0.5, 0.6) is 11.6 Å². The van der Waals surface area contributed by atoms with Crippen LogP contribution < -0.4 is 27.3 Å². The summed E-state index contributed by atoms with van der Waals surface area (Å²) in [6.07, 6.45) is 1.67. The molecule has 2 aromatic carbocycles. The summed E-state index contributed by atoms with van der Waals surface area (Å²) >= 11 is 12.8. The predicted molar refractivity (Wildman–Crippen MR) is 131 cm³/mol. The maximum atomic E-state index is 12.1. The van der Waals surface area contributed by atoms with Crippen LogP contribution in [-0.2, 0) is 0 Å². The number of halogens is 2. The van der Waals surface area contributed by atoms with Gasteiger partial charge in [0.1, 0.15) is 0 Å². The predicted octanol–water partition coefficient (Wildman–Crippen LogP) is 2.90. The minimum absolute atomic E-state index is 0.00334. The average molecular weight is 510 g/mol. The van der Waals surface area contributed by atoms with Gasteiger partial charge in [0, 0.05) is 17.6 Å². The Hall–Kier alpha value is -4.48. The van der Waals surface area contributed by atoms with Crippen molar-refractivity contribution in [2.75, 3.05) is 5.73 Å². The number of aromatic nitrogens is 6. The Morgan fingerprint density at radius 2 is 1.69 bits per heavy atom. The number of hydrogen-bond donors (Lipinski definition) is 3. The topological polar surface area (TPSA) is 162 Å². The number of hydrogen-bond acceptors (Lipinski definition) is 8. The summed E-state index contributed by atoms with van der Waals surface area (Å²) < 4.78 is 6.72. The molecule has 11 nitrogen and oxygen atoms in total. The van der Waals surface area contributed by atoms with Crippen LogP contribution in [-0.4, -0.2) is 29.9 Å². The van der Waals surface area contributed by atoms with Gasteiger partial charge >= 0.3 is 5.69 Å². The minimum atomic E-state index is -0.836. The van der Waals surface area contributed by atoms with E-state index in [0.29, 0.717) is 11.3 Å². The zero-order chi connectivity index (χ0) is 24.7. The number of pyridine rings is 1. The van der Waals surface area contributed by atoms with Gasteiger partial charge in [-0.05, 0) is 23.6 Å². The molecule has 0 aliphatic carbocycles. The lowest BCUT2D eigenvalue weighted by Gasteiger charge is -2.13. The third-order valence-corrected chi connectivity index (χ3v) is 5.52. The number of nitrogens with two attached hydrogens (primary N) is 1. The SMILES string of the molecule is Nc1nn(-c2cc(Cl)c(Oc3n[nH]c(=O)cc3-c3cc4ccccc4cn3)c(Cl)c2)c(=O)[nH]c1=O. The molecule has 0 aliphatic heterocycles. The van der Waals surface area contributed by atoms with Crippen LogP contribution >= 0.6 is 23.2 Å². The second kappa shape index (κ2) is 8.70. The van der Waals surface area contributed by atoms with Crippen LogP contribution in [0.25, 0.3) is 27.7 Å². The van der Waals surface area contributed by atoms with E-state index in [9.17, 15) is 14.4 Å². The lowest BCUT2D eigenvalue weighted by Crippen LogP contribution is -2.33.